The first-order valence-corrected chi connectivity index (χ1v) is 11.5. The molecule has 3 heterocycles. The Balaban J connectivity index is 1.53. The van der Waals surface area contributed by atoms with Gasteiger partial charge in [0.25, 0.3) is 0 Å². The highest BCUT2D eigenvalue weighted by atomic mass is 16.6. The lowest BCUT2D eigenvalue weighted by Gasteiger charge is -2.32. The monoisotopic (exact) mass is 494 g/mol. The van der Waals surface area contributed by atoms with Crippen LogP contribution in [0.4, 0.5) is 28.3 Å². The number of nitrogen functional groups attached to an aromatic ring is 1. The van der Waals surface area contributed by atoms with Crippen molar-refractivity contribution in [3.05, 3.63) is 53.3 Å². The number of aromatic nitrogens is 4. The Morgan fingerprint density at radius 3 is 2.50 bits per heavy atom. The zero-order valence-electron chi connectivity index (χ0n) is 20.7. The van der Waals surface area contributed by atoms with Crippen molar-refractivity contribution in [2.24, 2.45) is 0 Å². The summed E-state index contributed by atoms with van der Waals surface area (Å²) in [6, 6.07) is 11.2. The van der Waals surface area contributed by atoms with Gasteiger partial charge in [-0.2, -0.15) is 15.0 Å². The summed E-state index contributed by atoms with van der Waals surface area (Å²) in [6.45, 7) is 6.91. The van der Waals surface area contributed by atoms with Crippen molar-refractivity contribution in [3.63, 3.8) is 0 Å². The van der Waals surface area contributed by atoms with Gasteiger partial charge >= 0.3 is 12.1 Å². The highest BCUT2D eigenvalue weighted by Gasteiger charge is 2.30. The molecule has 0 saturated carbocycles. The third-order valence-electron chi connectivity index (χ3n) is 5.40. The number of nitrogens with zero attached hydrogens (tertiary/aromatic N) is 5. The molecule has 1 aromatic carbocycles. The highest BCUT2D eigenvalue weighted by Crippen LogP contribution is 2.25. The molecule has 4 rings (SSSR count). The minimum atomic E-state index is -0.614. The molecule has 3 aromatic rings. The Labute approximate surface area is 208 Å². The first-order valence-electron chi connectivity index (χ1n) is 11.5. The molecular weight excluding hydrogens is 464 g/mol. The molecule has 0 fully saturated rings. The van der Waals surface area contributed by atoms with Gasteiger partial charge in [-0.1, -0.05) is 18.2 Å². The lowest BCUT2D eigenvalue weighted by Crippen LogP contribution is -2.42. The summed E-state index contributed by atoms with van der Waals surface area (Å²) in [5.41, 5.74) is 7.96. The van der Waals surface area contributed by atoms with Crippen molar-refractivity contribution < 1.29 is 19.1 Å². The van der Waals surface area contributed by atoms with Gasteiger partial charge < -0.3 is 35.3 Å². The fourth-order valence-electron chi connectivity index (χ4n) is 3.84. The lowest BCUT2D eigenvalue weighted by atomic mass is 10.2. The summed E-state index contributed by atoms with van der Waals surface area (Å²) >= 11 is 0. The van der Waals surface area contributed by atoms with E-state index in [1.165, 1.54) is 7.11 Å². The van der Waals surface area contributed by atoms with Gasteiger partial charge in [-0.15, -0.1) is 0 Å². The third kappa shape index (κ3) is 5.82. The van der Waals surface area contributed by atoms with Crippen LogP contribution in [0.3, 0.4) is 0 Å². The van der Waals surface area contributed by atoms with Gasteiger partial charge in [0.1, 0.15) is 5.60 Å². The number of fused-ring (bicyclic) bond motifs is 1. The number of methoxy groups -OCH3 is 1. The number of nitrogens with two attached hydrogens (primary N) is 1. The summed E-state index contributed by atoms with van der Waals surface area (Å²) in [4.78, 5) is 39.4. The number of benzene rings is 1. The van der Waals surface area contributed by atoms with E-state index in [-0.39, 0.29) is 18.4 Å². The van der Waals surface area contributed by atoms with Crippen LogP contribution in [0.25, 0.3) is 0 Å². The van der Waals surface area contributed by atoms with Crippen molar-refractivity contribution in [1.29, 1.82) is 0 Å². The van der Waals surface area contributed by atoms with Crippen LogP contribution in [0.15, 0.2) is 36.4 Å². The predicted molar refractivity (Wildman–Crippen MR) is 134 cm³/mol. The Bertz CT molecular complexity index is 1250. The van der Waals surface area contributed by atoms with E-state index in [0.29, 0.717) is 36.8 Å². The van der Waals surface area contributed by atoms with E-state index in [9.17, 15) is 9.59 Å². The molecule has 4 N–H and O–H groups in total. The first kappa shape index (κ1) is 24.8. The van der Waals surface area contributed by atoms with E-state index in [0.717, 1.165) is 11.4 Å². The average molecular weight is 495 g/mol. The van der Waals surface area contributed by atoms with Crippen molar-refractivity contribution in [1.82, 2.24) is 24.4 Å². The smallest absolute Gasteiger partial charge is 0.410 e. The molecule has 1 aliphatic rings. The van der Waals surface area contributed by atoms with Crippen LogP contribution in [0.2, 0.25) is 0 Å². The van der Waals surface area contributed by atoms with Gasteiger partial charge in [0.2, 0.25) is 17.8 Å². The van der Waals surface area contributed by atoms with Crippen molar-refractivity contribution >= 4 is 35.6 Å². The van der Waals surface area contributed by atoms with Gasteiger partial charge in [-0.05, 0) is 39.0 Å². The molecule has 190 valence electrons. The summed E-state index contributed by atoms with van der Waals surface area (Å²) < 4.78 is 12.5. The van der Waals surface area contributed by atoms with Crippen LogP contribution >= 0.6 is 0 Å². The number of esters is 1. The number of hydrogen-bond acceptors (Lipinski definition) is 10. The molecule has 0 aliphatic carbocycles. The second kappa shape index (κ2) is 10.1. The SMILES string of the molecule is COC(=O)c1cc(CNc2nc(N)nc(Nc3ccccc3)n2)n2c1CN(C(=O)OC(C)(C)C)CC2. The fourth-order valence-corrected chi connectivity index (χ4v) is 3.84. The maximum Gasteiger partial charge on any atom is 0.410 e. The third-order valence-corrected chi connectivity index (χ3v) is 5.40. The van der Waals surface area contributed by atoms with Crippen LogP contribution < -0.4 is 16.4 Å². The summed E-state index contributed by atoms with van der Waals surface area (Å²) in [7, 11) is 1.33. The number of carbonyl (C=O) groups is 2. The molecule has 0 radical (unpaired) electrons. The highest BCUT2D eigenvalue weighted by molar-refractivity contribution is 5.91. The lowest BCUT2D eigenvalue weighted by molar-refractivity contribution is 0.0195. The number of hydrogen-bond donors (Lipinski definition) is 3. The number of nitrogens with one attached hydrogen (secondary N) is 2. The number of rotatable bonds is 6. The van der Waals surface area contributed by atoms with Gasteiger partial charge in [-0.25, -0.2) is 9.59 Å². The van der Waals surface area contributed by atoms with Gasteiger partial charge in [0.15, 0.2) is 0 Å². The van der Waals surface area contributed by atoms with Crippen molar-refractivity contribution in [3.8, 4) is 0 Å². The van der Waals surface area contributed by atoms with Crippen LogP contribution in [-0.4, -0.2) is 55.7 Å². The molecule has 36 heavy (non-hydrogen) atoms. The summed E-state index contributed by atoms with van der Waals surface area (Å²) in [6.07, 6.45) is -0.426. The zero-order valence-corrected chi connectivity index (χ0v) is 20.7. The minimum Gasteiger partial charge on any atom is -0.465 e. The standard InChI is InChI=1S/C24H30N8O4/c1-24(2,3)36-23(34)31-10-11-32-16(12-17(18(32)14-31)19(33)35-4)13-26-21-28-20(25)29-22(30-21)27-15-8-6-5-7-9-15/h5-9,12H,10-11,13-14H2,1-4H3,(H4,25,26,27,28,29,30). The molecule has 1 amide bonds. The Morgan fingerprint density at radius 1 is 1.08 bits per heavy atom. The van der Waals surface area contributed by atoms with Crippen LogP contribution in [0.1, 0.15) is 42.5 Å². The minimum absolute atomic E-state index is 0.0615. The van der Waals surface area contributed by atoms with Crippen molar-refractivity contribution in [2.75, 3.05) is 30.0 Å². The second-order valence-electron chi connectivity index (χ2n) is 9.23. The maximum absolute atomic E-state index is 12.6. The average Bonchev–Trinajstić information content (AvgIpc) is 3.19. The molecule has 12 nitrogen and oxygen atoms in total. The van der Waals surface area contributed by atoms with E-state index in [1.807, 2.05) is 55.7 Å². The van der Waals surface area contributed by atoms with E-state index in [1.54, 1.807) is 11.0 Å². The number of para-hydroxylation sites is 1. The topological polar surface area (TPSA) is 150 Å². The Kier molecular flexibility index (Phi) is 6.95. The van der Waals surface area contributed by atoms with Gasteiger partial charge in [-0.3, -0.25) is 0 Å². The number of carbonyl (C=O) groups excluding carboxylic acids is 2. The van der Waals surface area contributed by atoms with Crippen LogP contribution in [0, 0.1) is 0 Å². The number of ether oxygens (including phenoxy) is 2. The fraction of sp³-hybridized carbons (Fsp3) is 0.375. The summed E-state index contributed by atoms with van der Waals surface area (Å²) in [5.74, 6) is 0.167. The molecule has 0 unspecified atom stereocenters. The number of amides is 1. The van der Waals surface area contributed by atoms with Crippen molar-refractivity contribution in [2.45, 2.75) is 46.0 Å². The molecule has 2 aromatic heterocycles. The maximum atomic E-state index is 12.6. The van der Waals surface area contributed by atoms with Crippen LogP contribution in [-0.2, 0) is 29.1 Å². The first-order chi connectivity index (χ1) is 17.1. The molecule has 12 heteroatoms. The molecule has 1 aliphatic heterocycles. The predicted octanol–water partition coefficient (Wildman–Crippen LogP) is 3.15. The molecule has 0 saturated heterocycles. The van der Waals surface area contributed by atoms with Crippen LogP contribution in [0.5, 0.6) is 0 Å². The molecule has 0 atom stereocenters. The molecule has 0 spiro atoms. The summed E-state index contributed by atoms with van der Waals surface area (Å²) in [5, 5.41) is 6.25. The van der Waals surface area contributed by atoms with Gasteiger partial charge in [0.05, 0.1) is 31.5 Å². The van der Waals surface area contributed by atoms with E-state index in [4.69, 9.17) is 15.2 Å². The Morgan fingerprint density at radius 2 is 1.81 bits per heavy atom. The largest absolute Gasteiger partial charge is 0.465 e. The van der Waals surface area contributed by atoms with Gasteiger partial charge in [0, 0.05) is 24.5 Å². The number of anilines is 4. The quantitative estimate of drug-likeness (QED) is 0.436. The zero-order chi connectivity index (χ0) is 25.9. The molecule has 0 bridgehead atoms. The second-order valence-corrected chi connectivity index (χ2v) is 9.23. The normalized spacial score (nSPS) is 13.1. The molecular formula is C24H30N8O4. The van der Waals surface area contributed by atoms with E-state index >= 15 is 0 Å². The van der Waals surface area contributed by atoms with E-state index in [2.05, 4.69) is 25.6 Å². The van der Waals surface area contributed by atoms with E-state index < -0.39 is 17.7 Å². The Hall–Kier alpha value is -4.35.